The normalized spacial score (nSPS) is 26.9. The second-order valence-electron chi connectivity index (χ2n) is 8.23. The molecule has 0 atom stereocenters. The van der Waals surface area contributed by atoms with Crippen LogP contribution in [0.5, 0.6) is 0 Å². The van der Waals surface area contributed by atoms with Crippen LogP contribution in [0.4, 0.5) is 5.69 Å². The van der Waals surface area contributed by atoms with Gasteiger partial charge in [0.25, 0.3) is 0 Å². The van der Waals surface area contributed by atoms with Crippen LogP contribution in [0.15, 0.2) is 17.3 Å². The smallest absolute Gasteiger partial charge is 0.166 e. The number of piperazine rings is 1. The van der Waals surface area contributed by atoms with E-state index in [1.54, 1.807) is 11.8 Å². The summed E-state index contributed by atoms with van der Waals surface area (Å²) < 4.78 is 0. The van der Waals surface area contributed by atoms with Crippen LogP contribution in [0.3, 0.4) is 0 Å². The van der Waals surface area contributed by atoms with Gasteiger partial charge >= 0.3 is 0 Å². The summed E-state index contributed by atoms with van der Waals surface area (Å²) in [4.78, 5) is 12.8. The van der Waals surface area contributed by atoms with Crippen molar-refractivity contribution in [3.8, 4) is 0 Å². The number of nitrogens with zero attached hydrogens (tertiary/aromatic N) is 3. The summed E-state index contributed by atoms with van der Waals surface area (Å²) in [5.74, 6) is 0. The topological polar surface area (TPSA) is 75.6 Å². The Kier molecular flexibility index (Phi) is 6.09. The minimum absolute atomic E-state index is 0.207. The molecule has 1 aliphatic carbocycles. The molecule has 154 valence electrons. The van der Waals surface area contributed by atoms with Gasteiger partial charge in [-0.2, -0.15) is 0 Å². The van der Waals surface area contributed by atoms with Crippen LogP contribution < -0.4 is 4.90 Å². The number of rotatable bonds is 5. The first-order valence-electron chi connectivity index (χ1n) is 10.1. The lowest BCUT2D eigenvalue weighted by Crippen LogP contribution is -2.47. The lowest BCUT2D eigenvalue weighted by atomic mass is 9.86. The molecule has 1 saturated heterocycles. The third kappa shape index (κ3) is 4.60. The van der Waals surface area contributed by atoms with Crippen LogP contribution in [-0.4, -0.2) is 75.3 Å². The number of nitrogens with one attached hydrogen (secondary N) is 1. The van der Waals surface area contributed by atoms with E-state index in [1.807, 2.05) is 13.0 Å². The number of aliphatic hydroxyl groups excluding tert-OH is 1. The predicted octanol–water partition coefficient (Wildman–Crippen LogP) is 3.12. The first kappa shape index (κ1) is 20.3. The summed E-state index contributed by atoms with van der Waals surface area (Å²) in [6, 6.07) is 4.07. The number of imidazole rings is 1. The number of thioether (sulfide) groups is 1. The Labute approximate surface area is 175 Å². The molecule has 8 heteroatoms. The number of halogens is 1. The second kappa shape index (κ2) is 8.40. The summed E-state index contributed by atoms with van der Waals surface area (Å²) in [6.07, 6.45) is 3.73. The molecular weight excluding hydrogens is 396 g/mol. The Morgan fingerprint density at radius 2 is 1.96 bits per heavy atom. The highest BCUT2D eigenvalue weighted by atomic mass is 35.5. The van der Waals surface area contributed by atoms with E-state index in [4.69, 9.17) is 21.7 Å². The van der Waals surface area contributed by atoms with E-state index in [1.165, 1.54) is 0 Å². The van der Waals surface area contributed by atoms with Crippen molar-refractivity contribution in [3.63, 3.8) is 0 Å². The van der Waals surface area contributed by atoms with Crippen LogP contribution in [-0.2, 0) is 0 Å². The molecule has 1 saturated carbocycles. The number of benzene rings is 1. The van der Waals surface area contributed by atoms with Gasteiger partial charge in [0.2, 0.25) is 0 Å². The lowest BCUT2D eigenvalue weighted by Gasteiger charge is -2.36. The molecule has 1 aromatic carbocycles. The standard InChI is InChI=1S/C20H29ClN4O2S/c1-20(27)4-2-14(3-5-20)28-19-22-16-12-15(21)18(13-17(16)23-19)25-8-6-24(7-9-25)10-11-26/h12-14,26-27H,2-11H2,1H3,(H,22,23). The van der Waals surface area contributed by atoms with Gasteiger partial charge in [0.05, 0.1) is 34.0 Å². The van der Waals surface area contributed by atoms with Gasteiger partial charge in [-0.05, 0) is 44.7 Å². The van der Waals surface area contributed by atoms with Crippen LogP contribution >= 0.6 is 23.4 Å². The molecule has 2 fully saturated rings. The van der Waals surface area contributed by atoms with Gasteiger partial charge in [-0.25, -0.2) is 4.98 Å². The maximum absolute atomic E-state index is 10.1. The minimum Gasteiger partial charge on any atom is -0.395 e. The van der Waals surface area contributed by atoms with Crippen LogP contribution in [0.1, 0.15) is 32.6 Å². The van der Waals surface area contributed by atoms with Gasteiger partial charge in [0.1, 0.15) is 0 Å². The number of anilines is 1. The number of aromatic nitrogens is 2. The van der Waals surface area contributed by atoms with Gasteiger partial charge in [0, 0.05) is 38.0 Å². The number of aliphatic hydroxyl groups is 2. The maximum Gasteiger partial charge on any atom is 0.166 e. The van der Waals surface area contributed by atoms with Crippen molar-refractivity contribution in [3.05, 3.63) is 17.2 Å². The number of fused-ring (bicyclic) bond motifs is 1. The summed E-state index contributed by atoms with van der Waals surface area (Å²) in [6.45, 7) is 6.54. The molecule has 0 amide bonds. The van der Waals surface area contributed by atoms with Crippen molar-refractivity contribution in [2.24, 2.45) is 0 Å². The molecule has 1 aromatic heterocycles. The van der Waals surface area contributed by atoms with Crippen molar-refractivity contribution in [2.45, 2.75) is 48.6 Å². The molecule has 6 nitrogen and oxygen atoms in total. The molecule has 0 radical (unpaired) electrons. The van der Waals surface area contributed by atoms with E-state index in [-0.39, 0.29) is 6.61 Å². The lowest BCUT2D eigenvalue weighted by molar-refractivity contribution is 0.0240. The number of β-amino-alcohol motifs (C(OH)–C–C–N with tert-alkyl or cyclic N) is 1. The quantitative estimate of drug-likeness (QED) is 0.684. The first-order chi connectivity index (χ1) is 13.4. The zero-order valence-electron chi connectivity index (χ0n) is 16.3. The Bertz CT molecular complexity index is 810. The predicted molar refractivity (Wildman–Crippen MR) is 116 cm³/mol. The first-order valence-corrected chi connectivity index (χ1v) is 11.4. The van der Waals surface area contributed by atoms with Gasteiger partial charge in [-0.3, -0.25) is 4.90 Å². The van der Waals surface area contributed by atoms with E-state index in [0.29, 0.717) is 5.25 Å². The second-order valence-corrected chi connectivity index (χ2v) is 9.93. The summed E-state index contributed by atoms with van der Waals surface area (Å²) in [5.41, 5.74) is 2.45. The van der Waals surface area contributed by atoms with E-state index in [2.05, 4.69) is 20.9 Å². The molecule has 1 aliphatic heterocycles. The molecule has 0 bridgehead atoms. The molecule has 2 heterocycles. The molecular formula is C20H29ClN4O2S. The summed E-state index contributed by atoms with van der Waals surface area (Å²) >= 11 is 8.37. The van der Waals surface area contributed by atoms with Gasteiger partial charge in [-0.1, -0.05) is 23.4 Å². The van der Waals surface area contributed by atoms with Crippen LogP contribution in [0, 0.1) is 0 Å². The molecule has 2 aromatic rings. The Balaban J connectivity index is 1.45. The highest BCUT2D eigenvalue weighted by Crippen LogP contribution is 2.38. The fourth-order valence-electron chi connectivity index (χ4n) is 4.14. The molecule has 0 spiro atoms. The zero-order chi connectivity index (χ0) is 19.7. The van der Waals surface area contributed by atoms with Crippen molar-refractivity contribution in [1.82, 2.24) is 14.9 Å². The largest absolute Gasteiger partial charge is 0.395 e. The molecule has 28 heavy (non-hydrogen) atoms. The van der Waals surface area contributed by atoms with Crippen LogP contribution in [0.25, 0.3) is 11.0 Å². The van der Waals surface area contributed by atoms with Crippen molar-refractivity contribution in [2.75, 3.05) is 44.2 Å². The molecule has 0 unspecified atom stereocenters. The maximum atomic E-state index is 10.1. The third-order valence-corrected chi connectivity index (χ3v) is 7.47. The summed E-state index contributed by atoms with van der Waals surface area (Å²) in [7, 11) is 0. The minimum atomic E-state index is -0.505. The fraction of sp³-hybridized carbons (Fsp3) is 0.650. The zero-order valence-corrected chi connectivity index (χ0v) is 17.9. The number of H-pyrrole nitrogens is 1. The van der Waals surface area contributed by atoms with Gasteiger partial charge < -0.3 is 20.1 Å². The van der Waals surface area contributed by atoms with E-state index in [0.717, 1.165) is 85.3 Å². The molecule has 4 rings (SSSR count). The Morgan fingerprint density at radius 1 is 1.25 bits per heavy atom. The van der Waals surface area contributed by atoms with E-state index in [9.17, 15) is 5.11 Å². The average molecular weight is 425 g/mol. The third-order valence-electron chi connectivity index (χ3n) is 5.95. The SMILES string of the molecule is CC1(O)CCC(Sc2nc3cc(N4CCN(CCO)CC4)c(Cl)cc3[nH]2)CC1. The van der Waals surface area contributed by atoms with Crippen molar-refractivity contribution < 1.29 is 10.2 Å². The highest BCUT2D eigenvalue weighted by molar-refractivity contribution is 7.99. The highest BCUT2D eigenvalue weighted by Gasteiger charge is 2.29. The van der Waals surface area contributed by atoms with E-state index >= 15 is 0 Å². The average Bonchev–Trinajstić information content (AvgIpc) is 3.05. The molecule has 2 aliphatic rings. The van der Waals surface area contributed by atoms with E-state index < -0.39 is 5.60 Å². The Hall–Kier alpha value is -0.990. The number of hydrogen-bond acceptors (Lipinski definition) is 6. The monoisotopic (exact) mass is 424 g/mol. The summed E-state index contributed by atoms with van der Waals surface area (Å²) in [5, 5.41) is 21.4. The van der Waals surface area contributed by atoms with Crippen molar-refractivity contribution >= 4 is 40.1 Å². The van der Waals surface area contributed by atoms with Crippen LogP contribution in [0.2, 0.25) is 5.02 Å². The van der Waals surface area contributed by atoms with Gasteiger partial charge in [-0.15, -0.1) is 0 Å². The molecule has 3 N–H and O–H groups in total. The van der Waals surface area contributed by atoms with Crippen molar-refractivity contribution in [1.29, 1.82) is 0 Å². The fourth-order valence-corrected chi connectivity index (χ4v) is 5.53. The number of hydrogen-bond donors (Lipinski definition) is 3. The Morgan fingerprint density at radius 3 is 2.64 bits per heavy atom. The van der Waals surface area contributed by atoms with Gasteiger partial charge in [0.15, 0.2) is 5.16 Å². The number of aromatic amines is 1.